The van der Waals surface area contributed by atoms with Gasteiger partial charge in [0.15, 0.2) is 5.78 Å². The third-order valence-corrected chi connectivity index (χ3v) is 7.27. The number of carbonyl (C=O) groups is 1. The Morgan fingerprint density at radius 1 is 1.21 bits per heavy atom. The lowest BCUT2D eigenvalue weighted by atomic mass is 10.0. The highest BCUT2D eigenvalue weighted by atomic mass is 28.3. The molecule has 2 heteroatoms. The zero-order valence-corrected chi connectivity index (χ0v) is 12.6. The third kappa shape index (κ3) is 2.25. The van der Waals surface area contributed by atoms with Gasteiger partial charge in [0, 0.05) is 5.92 Å². The molecule has 0 amide bonds. The maximum Gasteiger partial charge on any atom is 0.181 e. The van der Waals surface area contributed by atoms with Gasteiger partial charge in [0.1, 0.15) is 8.07 Å². The first-order valence-electron chi connectivity index (χ1n) is 7.11. The predicted octanol–water partition coefficient (Wildman–Crippen LogP) is 3.38. The number of fused-ring (bicyclic) bond motifs is 1. The Morgan fingerprint density at radius 2 is 1.95 bits per heavy atom. The zero-order valence-electron chi connectivity index (χ0n) is 11.6. The van der Waals surface area contributed by atoms with Gasteiger partial charge in [-0.2, -0.15) is 0 Å². The number of benzene rings is 1. The molecule has 1 aromatic rings. The Balaban J connectivity index is 1.96. The van der Waals surface area contributed by atoms with Crippen LogP contribution in [0.15, 0.2) is 53.3 Å². The third-order valence-electron chi connectivity index (χ3n) is 4.42. The van der Waals surface area contributed by atoms with Crippen LogP contribution in [0.1, 0.15) is 19.3 Å². The highest BCUT2D eigenvalue weighted by Gasteiger charge is 2.35. The number of allylic oxidation sites excluding steroid dienone is 3. The van der Waals surface area contributed by atoms with Gasteiger partial charge in [0.05, 0.1) is 0 Å². The van der Waals surface area contributed by atoms with E-state index in [1.807, 2.05) is 6.08 Å². The molecule has 1 fully saturated rings. The van der Waals surface area contributed by atoms with E-state index in [4.69, 9.17) is 0 Å². The molecule has 3 rings (SSSR count). The first-order valence-corrected chi connectivity index (χ1v) is 10.2. The standard InChI is InChI=1S/C17H20OSi/c1-19(2,14-8-4-3-5-9-14)12-16-15-10-6-7-13(15)11-17(16)18/h3-5,8-9,11-12,15H,6-7,10H2,1-2H3/b16-12+/t15-/m1/s1. The van der Waals surface area contributed by atoms with Crippen LogP contribution in [0.5, 0.6) is 0 Å². The molecule has 1 atom stereocenters. The molecule has 0 N–H and O–H groups in total. The Kier molecular flexibility index (Phi) is 3.06. The fraction of sp³-hybridized carbons (Fsp3) is 0.353. The molecular formula is C17H20OSi. The van der Waals surface area contributed by atoms with E-state index in [2.05, 4.69) is 49.1 Å². The first kappa shape index (κ1) is 12.6. The van der Waals surface area contributed by atoms with Gasteiger partial charge in [-0.25, -0.2) is 0 Å². The van der Waals surface area contributed by atoms with Crippen LogP contribution >= 0.6 is 0 Å². The van der Waals surface area contributed by atoms with E-state index in [0.717, 1.165) is 12.0 Å². The van der Waals surface area contributed by atoms with Crippen molar-refractivity contribution in [2.75, 3.05) is 0 Å². The summed E-state index contributed by atoms with van der Waals surface area (Å²) >= 11 is 0. The van der Waals surface area contributed by atoms with Gasteiger partial charge in [-0.15, -0.1) is 0 Å². The summed E-state index contributed by atoms with van der Waals surface area (Å²) in [5, 5.41) is 1.40. The topological polar surface area (TPSA) is 17.1 Å². The molecule has 2 aliphatic rings. The van der Waals surface area contributed by atoms with Crippen molar-refractivity contribution in [1.29, 1.82) is 0 Å². The van der Waals surface area contributed by atoms with Crippen molar-refractivity contribution >= 4 is 19.0 Å². The van der Waals surface area contributed by atoms with Gasteiger partial charge in [-0.3, -0.25) is 4.79 Å². The number of ketones is 1. The quantitative estimate of drug-likeness (QED) is 0.593. The maximum atomic E-state index is 12.2. The molecule has 1 aromatic carbocycles. The Hall–Kier alpha value is -1.41. The highest BCUT2D eigenvalue weighted by Crippen LogP contribution is 2.41. The van der Waals surface area contributed by atoms with E-state index < -0.39 is 8.07 Å². The minimum absolute atomic E-state index is 0.274. The van der Waals surface area contributed by atoms with Crippen LogP contribution in [0.2, 0.25) is 13.1 Å². The summed E-state index contributed by atoms with van der Waals surface area (Å²) in [6, 6.07) is 10.6. The van der Waals surface area contributed by atoms with Crippen LogP contribution in [0.4, 0.5) is 0 Å². The maximum absolute atomic E-state index is 12.2. The van der Waals surface area contributed by atoms with E-state index in [-0.39, 0.29) is 5.78 Å². The second-order valence-electron chi connectivity index (χ2n) is 6.22. The zero-order chi connectivity index (χ0) is 13.5. The highest BCUT2D eigenvalue weighted by molar-refractivity contribution is 6.94. The summed E-state index contributed by atoms with van der Waals surface area (Å²) < 4.78 is 0. The van der Waals surface area contributed by atoms with Crippen molar-refractivity contribution < 1.29 is 4.79 Å². The lowest BCUT2D eigenvalue weighted by Crippen LogP contribution is -2.40. The first-order chi connectivity index (χ1) is 9.08. The molecule has 1 nitrogen and oxygen atoms in total. The van der Waals surface area contributed by atoms with Crippen LogP contribution in [0, 0.1) is 5.92 Å². The summed E-state index contributed by atoms with van der Waals surface area (Å²) in [7, 11) is -1.66. The summed E-state index contributed by atoms with van der Waals surface area (Å²) in [6.45, 7) is 4.66. The number of rotatable bonds is 2. The summed E-state index contributed by atoms with van der Waals surface area (Å²) in [4.78, 5) is 12.2. The van der Waals surface area contributed by atoms with E-state index in [9.17, 15) is 4.79 Å². The molecule has 0 aromatic heterocycles. The summed E-state index contributed by atoms with van der Waals surface area (Å²) in [5.41, 5.74) is 4.81. The molecule has 0 saturated heterocycles. The van der Waals surface area contributed by atoms with Gasteiger partial charge in [-0.05, 0) is 30.9 Å². The molecule has 0 radical (unpaired) electrons. The Bertz CT molecular complexity index is 566. The molecule has 19 heavy (non-hydrogen) atoms. The fourth-order valence-electron chi connectivity index (χ4n) is 3.33. The minimum atomic E-state index is -1.66. The van der Waals surface area contributed by atoms with Gasteiger partial charge >= 0.3 is 0 Å². The van der Waals surface area contributed by atoms with Crippen LogP contribution < -0.4 is 5.19 Å². The molecule has 0 bridgehead atoms. The lowest BCUT2D eigenvalue weighted by Gasteiger charge is -2.21. The molecule has 0 aliphatic heterocycles. The molecule has 98 valence electrons. The molecule has 0 spiro atoms. The van der Waals surface area contributed by atoms with Gasteiger partial charge in [0.25, 0.3) is 0 Å². The Morgan fingerprint density at radius 3 is 2.68 bits per heavy atom. The van der Waals surface area contributed by atoms with Crippen molar-refractivity contribution in [2.24, 2.45) is 5.92 Å². The normalized spacial score (nSPS) is 24.7. The van der Waals surface area contributed by atoms with E-state index in [1.165, 1.54) is 23.6 Å². The smallest absolute Gasteiger partial charge is 0.181 e. The summed E-state index contributed by atoms with van der Waals surface area (Å²) in [5.74, 6) is 0.721. The van der Waals surface area contributed by atoms with Crippen molar-refractivity contribution in [1.82, 2.24) is 0 Å². The van der Waals surface area contributed by atoms with E-state index in [0.29, 0.717) is 5.92 Å². The predicted molar refractivity (Wildman–Crippen MR) is 82.1 cm³/mol. The fourth-order valence-corrected chi connectivity index (χ4v) is 5.67. The van der Waals surface area contributed by atoms with E-state index in [1.54, 1.807) is 0 Å². The van der Waals surface area contributed by atoms with Gasteiger partial charge in [-0.1, -0.05) is 59.9 Å². The molecule has 0 unspecified atom stereocenters. The van der Waals surface area contributed by atoms with Crippen molar-refractivity contribution in [3.63, 3.8) is 0 Å². The van der Waals surface area contributed by atoms with Crippen LogP contribution in [0.3, 0.4) is 0 Å². The molecule has 0 heterocycles. The number of hydrogen-bond acceptors (Lipinski definition) is 1. The second-order valence-corrected chi connectivity index (χ2v) is 10.5. The minimum Gasteiger partial charge on any atom is -0.290 e. The van der Waals surface area contributed by atoms with Crippen LogP contribution in [0.25, 0.3) is 0 Å². The van der Waals surface area contributed by atoms with Crippen LogP contribution in [-0.2, 0) is 4.79 Å². The average Bonchev–Trinajstić information content (AvgIpc) is 2.94. The molecule has 1 saturated carbocycles. The van der Waals surface area contributed by atoms with E-state index >= 15 is 0 Å². The van der Waals surface area contributed by atoms with Gasteiger partial charge in [0.2, 0.25) is 0 Å². The second kappa shape index (κ2) is 4.60. The largest absolute Gasteiger partial charge is 0.290 e. The molecule has 2 aliphatic carbocycles. The monoisotopic (exact) mass is 268 g/mol. The average molecular weight is 268 g/mol. The number of hydrogen-bond donors (Lipinski definition) is 0. The molecular weight excluding hydrogens is 248 g/mol. The lowest BCUT2D eigenvalue weighted by molar-refractivity contribution is -0.111. The summed E-state index contributed by atoms with van der Waals surface area (Å²) in [6.07, 6.45) is 5.44. The number of carbonyl (C=O) groups excluding carboxylic acids is 1. The van der Waals surface area contributed by atoms with Crippen molar-refractivity contribution in [3.05, 3.63) is 53.3 Å². The van der Waals surface area contributed by atoms with Crippen molar-refractivity contribution in [3.8, 4) is 0 Å². The van der Waals surface area contributed by atoms with Crippen molar-refractivity contribution in [2.45, 2.75) is 32.4 Å². The van der Waals surface area contributed by atoms with Crippen LogP contribution in [-0.4, -0.2) is 13.9 Å². The Labute approximate surface area is 116 Å². The van der Waals surface area contributed by atoms with Gasteiger partial charge < -0.3 is 0 Å². The SMILES string of the molecule is C[Si](C)(/C=C1/C(=O)C=C2CCC[C@H]21)c1ccccc1.